The van der Waals surface area contributed by atoms with Crippen LogP contribution in [0.3, 0.4) is 0 Å². The van der Waals surface area contributed by atoms with E-state index in [1.807, 2.05) is 0 Å². The number of carbonyl (C=O) groups excluding carboxylic acids is 1. The molecule has 3 heteroatoms. The Morgan fingerprint density at radius 3 is 2.61 bits per heavy atom. The van der Waals surface area contributed by atoms with Crippen molar-refractivity contribution in [2.24, 2.45) is 46.3 Å². The van der Waals surface area contributed by atoms with Crippen LogP contribution in [0.25, 0.3) is 0 Å². The van der Waals surface area contributed by atoms with Crippen LogP contribution in [-0.4, -0.2) is 18.0 Å². The lowest BCUT2D eigenvalue weighted by molar-refractivity contribution is -0.151. The van der Waals surface area contributed by atoms with Crippen LogP contribution in [0.5, 0.6) is 0 Å². The van der Waals surface area contributed by atoms with Crippen molar-refractivity contribution in [2.45, 2.75) is 118 Å². The molecule has 0 N–H and O–H groups in total. The fourth-order valence-corrected chi connectivity index (χ4v) is 9.23. The van der Waals surface area contributed by atoms with Crippen molar-refractivity contribution in [1.29, 1.82) is 0 Å². The Labute approximate surface area is 208 Å². The van der Waals surface area contributed by atoms with E-state index in [9.17, 15) is 4.79 Å². The predicted molar refractivity (Wildman–Crippen MR) is 138 cm³/mol. The molecule has 188 valence electrons. The quantitative estimate of drug-likeness (QED) is 0.199. The van der Waals surface area contributed by atoms with Crippen LogP contribution in [0.4, 0.5) is 0 Å². The highest BCUT2D eigenvalue weighted by molar-refractivity contribution is 6.18. The van der Waals surface area contributed by atoms with Crippen molar-refractivity contribution in [3.63, 3.8) is 0 Å². The van der Waals surface area contributed by atoms with E-state index in [0.717, 1.165) is 48.3 Å². The number of allylic oxidation sites excluding steroid dienone is 1. The van der Waals surface area contributed by atoms with Crippen LogP contribution in [0, 0.1) is 46.3 Å². The summed E-state index contributed by atoms with van der Waals surface area (Å²) in [6, 6.07) is 0. The second kappa shape index (κ2) is 10.2. The maximum absolute atomic E-state index is 12.0. The number of hydrogen-bond acceptors (Lipinski definition) is 2. The Bertz CT molecular complexity index is 729. The van der Waals surface area contributed by atoms with Gasteiger partial charge in [-0.2, -0.15) is 0 Å². The SMILES string of the molecule is CC(C)CCC[C@H](C)[C@@H]1CC[C@@H]2[C@H]3CC=C4C[C@@H](OC(=O)CCCl)CC[C@]4(C)[C@@H]3CC[C@@]21C. The van der Waals surface area contributed by atoms with Crippen LogP contribution in [0.15, 0.2) is 11.6 Å². The third-order valence-corrected chi connectivity index (χ3v) is 11.0. The van der Waals surface area contributed by atoms with Gasteiger partial charge in [-0.15, -0.1) is 11.6 Å². The second-order valence-corrected chi connectivity index (χ2v) is 13.5. The third-order valence-electron chi connectivity index (χ3n) is 10.9. The zero-order valence-electron chi connectivity index (χ0n) is 22.0. The van der Waals surface area contributed by atoms with Gasteiger partial charge in [0, 0.05) is 12.3 Å². The number of ether oxygens (including phenoxy) is 1. The van der Waals surface area contributed by atoms with Gasteiger partial charge < -0.3 is 4.74 Å². The number of halogens is 1. The molecule has 33 heavy (non-hydrogen) atoms. The molecule has 0 aromatic rings. The number of alkyl halides is 1. The smallest absolute Gasteiger partial charge is 0.307 e. The van der Waals surface area contributed by atoms with Gasteiger partial charge in [-0.1, -0.05) is 65.5 Å². The molecule has 4 rings (SSSR count). The van der Waals surface area contributed by atoms with Gasteiger partial charge in [-0.05, 0) is 91.3 Å². The molecule has 0 aromatic carbocycles. The average molecular weight is 477 g/mol. The second-order valence-electron chi connectivity index (χ2n) is 13.1. The molecule has 0 aliphatic heterocycles. The van der Waals surface area contributed by atoms with Gasteiger partial charge in [0.25, 0.3) is 0 Å². The van der Waals surface area contributed by atoms with E-state index in [-0.39, 0.29) is 12.1 Å². The summed E-state index contributed by atoms with van der Waals surface area (Å²) in [4.78, 5) is 12.0. The monoisotopic (exact) mass is 476 g/mol. The molecule has 4 aliphatic rings. The Morgan fingerprint density at radius 2 is 1.88 bits per heavy atom. The van der Waals surface area contributed by atoms with Crippen LogP contribution < -0.4 is 0 Å². The Kier molecular flexibility index (Phi) is 7.94. The molecule has 8 atom stereocenters. The molecule has 0 bridgehead atoms. The number of rotatable bonds is 8. The summed E-state index contributed by atoms with van der Waals surface area (Å²) < 4.78 is 5.77. The topological polar surface area (TPSA) is 26.3 Å². The van der Waals surface area contributed by atoms with Crippen molar-refractivity contribution in [3.8, 4) is 0 Å². The van der Waals surface area contributed by atoms with Crippen molar-refractivity contribution < 1.29 is 9.53 Å². The molecular formula is C30H49ClO2. The van der Waals surface area contributed by atoms with Gasteiger partial charge in [0.1, 0.15) is 6.10 Å². The molecule has 0 saturated heterocycles. The van der Waals surface area contributed by atoms with E-state index in [4.69, 9.17) is 16.3 Å². The lowest BCUT2D eigenvalue weighted by atomic mass is 9.47. The summed E-state index contributed by atoms with van der Waals surface area (Å²) in [5.74, 6) is 5.45. The summed E-state index contributed by atoms with van der Waals surface area (Å²) in [6.45, 7) is 12.5. The number of carbonyl (C=O) groups is 1. The first-order valence-corrected chi connectivity index (χ1v) is 14.7. The Hall–Kier alpha value is -0.500. The molecule has 0 aromatic heterocycles. The number of esters is 1. The van der Waals surface area contributed by atoms with E-state index < -0.39 is 0 Å². The fourth-order valence-electron chi connectivity index (χ4n) is 9.07. The van der Waals surface area contributed by atoms with Crippen LogP contribution >= 0.6 is 11.6 Å². The summed E-state index contributed by atoms with van der Waals surface area (Å²) >= 11 is 5.73. The summed E-state index contributed by atoms with van der Waals surface area (Å²) in [5.41, 5.74) is 2.47. The molecule has 2 nitrogen and oxygen atoms in total. The molecule has 0 amide bonds. The lowest BCUT2D eigenvalue weighted by Gasteiger charge is -2.58. The molecule has 3 fully saturated rings. The summed E-state index contributed by atoms with van der Waals surface area (Å²) in [5, 5.41) is 0. The standard InChI is InChI=1S/C30H49ClO2/c1-20(2)7-6-8-21(3)25-11-12-26-24-10-9-22-19-23(33-28(32)15-18-31)13-16-29(22,4)27(24)14-17-30(25,26)5/h9,20-21,23-27H,6-8,10-19H2,1-5H3/t21-,23-,24+,25-,26+,27+,29-,30+/m0/s1. The predicted octanol–water partition coefficient (Wildman–Crippen LogP) is 8.57. The average Bonchev–Trinajstić information content (AvgIpc) is 3.11. The molecule has 0 heterocycles. The molecule has 0 unspecified atom stereocenters. The number of fused-ring (bicyclic) bond motifs is 5. The number of hydrogen-bond donors (Lipinski definition) is 0. The van der Waals surface area contributed by atoms with E-state index in [0.29, 0.717) is 23.1 Å². The molecule has 3 saturated carbocycles. The third kappa shape index (κ3) is 4.94. The first-order valence-electron chi connectivity index (χ1n) is 14.1. The van der Waals surface area contributed by atoms with Crippen LogP contribution in [0.1, 0.15) is 112 Å². The highest BCUT2D eigenvalue weighted by Crippen LogP contribution is 2.67. The first-order chi connectivity index (χ1) is 15.7. The van der Waals surface area contributed by atoms with Crippen LogP contribution in [-0.2, 0) is 9.53 Å². The van der Waals surface area contributed by atoms with Gasteiger partial charge >= 0.3 is 5.97 Å². The summed E-state index contributed by atoms with van der Waals surface area (Å²) in [7, 11) is 0. The Balaban J connectivity index is 1.43. The normalized spacial score (nSPS) is 41.1. The van der Waals surface area contributed by atoms with Gasteiger partial charge in [-0.25, -0.2) is 0 Å². The van der Waals surface area contributed by atoms with E-state index in [1.165, 1.54) is 57.8 Å². The maximum Gasteiger partial charge on any atom is 0.307 e. The summed E-state index contributed by atoms with van der Waals surface area (Å²) in [6.07, 6.45) is 17.3. The highest BCUT2D eigenvalue weighted by atomic mass is 35.5. The van der Waals surface area contributed by atoms with Gasteiger partial charge in [-0.3, -0.25) is 4.79 Å². The van der Waals surface area contributed by atoms with E-state index in [2.05, 4.69) is 40.7 Å². The largest absolute Gasteiger partial charge is 0.462 e. The zero-order valence-corrected chi connectivity index (χ0v) is 22.8. The zero-order chi connectivity index (χ0) is 23.8. The van der Waals surface area contributed by atoms with Crippen molar-refractivity contribution >= 4 is 17.6 Å². The molecule has 0 radical (unpaired) electrons. The molecule has 0 spiro atoms. The van der Waals surface area contributed by atoms with Crippen molar-refractivity contribution in [2.75, 3.05) is 5.88 Å². The van der Waals surface area contributed by atoms with Crippen molar-refractivity contribution in [3.05, 3.63) is 11.6 Å². The molecule has 4 aliphatic carbocycles. The van der Waals surface area contributed by atoms with E-state index >= 15 is 0 Å². The minimum atomic E-state index is -0.124. The van der Waals surface area contributed by atoms with Crippen molar-refractivity contribution in [1.82, 2.24) is 0 Å². The fraction of sp³-hybridized carbons (Fsp3) is 0.900. The first kappa shape index (κ1) is 25.6. The molecular weight excluding hydrogens is 428 g/mol. The van der Waals surface area contributed by atoms with Gasteiger partial charge in [0.15, 0.2) is 0 Å². The minimum absolute atomic E-state index is 0.0630. The maximum atomic E-state index is 12.0. The Morgan fingerprint density at radius 1 is 1.09 bits per heavy atom. The lowest BCUT2D eigenvalue weighted by Crippen LogP contribution is -2.51. The van der Waals surface area contributed by atoms with Gasteiger partial charge in [0.2, 0.25) is 0 Å². The van der Waals surface area contributed by atoms with E-state index in [1.54, 1.807) is 5.57 Å². The highest BCUT2D eigenvalue weighted by Gasteiger charge is 2.59. The van der Waals surface area contributed by atoms with Gasteiger partial charge in [0.05, 0.1) is 6.42 Å². The minimum Gasteiger partial charge on any atom is -0.462 e. The van der Waals surface area contributed by atoms with Crippen LogP contribution in [0.2, 0.25) is 0 Å².